The molecule has 0 nitrogen and oxygen atoms in total. The summed E-state index contributed by atoms with van der Waals surface area (Å²) in [6.07, 6.45) is 0. The van der Waals surface area contributed by atoms with Crippen LogP contribution in [0.4, 0.5) is 4.39 Å². The highest BCUT2D eigenvalue weighted by Gasteiger charge is 2.01. The van der Waals surface area contributed by atoms with Crippen LogP contribution >= 0.6 is 22.9 Å². The molecule has 2 rings (SSSR count). The summed E-state index contributed by atoms with van der Waals surface area (Å²) in [5.74, 6) is -0.349. The number of benzene rings is 1. The Morgan fingerprint density at radius 3 is 3.00 bits per heavy atom. The lowest BCUT2D eigenvalue weighted by atomic mass is 10.2. The van der Waals surface area contributed by atoms with Crippen LogP contribution in [0.15, 0.2) is 23.6 Å². The molecule has 0 radical (unpaired) electrons. The van der Waals surface area contributed by atoms with Gasteiger partial charge in [-0.3, -0.25) is 0 Å². The van der Waals surface area contributed by atoms with E-state index in [4.69, 9.17) is 11.6 Å². The molecule has 0 fully saturated rings. The second-order valence-corrected chi connectivity index (χ2v) is 3.58. The summed E-state index contributed by atoms with van der Waals surface area (Å²) in [5.41, 5.74) is 0. The van der Waals surface area contributed by atoms with E-state index in [0.29, 0.717) is 0 Å². The van der Waals surface area contributed by atoms with Crippen LogP contribution < -0.4 is 0 Å². The van der Waals surface area contributed by atoms with Gasteiger partial charge in [0.2, 0.25) is 0 Å². The van der Waals surface area contributed by atoms with Crippen LogP contribution in [-0.4, -0.2) is 0 Å². The number of fused-ring (bicyclic) bond motifs is 1. The Balaban J connectivity index is 2.86. The van der Waals surface area contributed by atoms with Crippen LogP contribution in [0.1, 0.15) is 0 Å². The molecule has 0 saturated carbocycles. The molecule has 0 aliphatic heterocycles. The van der Waals surface area contributed by atoms with Crippen molar-refractivity contribution in [2.45, 2.75) is 0 Å². The Morgan fingerprint density at radius 2 is 2.18 bits per heavy atom. The Kier molecular flexibility index (Phi) is 1.59. The van der Waals surface area contributed by atoms with Crippen LogP contribution in [0.25, 0.3) is 10.1 Å². The van der Waals surface area contributed by atoms with Gasteiger partial charge in [-0.2, -0.15) is 0 Å². The van der Waals surface area contributed by atoms with Gasteiger partial charge in [-0.1, -0.05) is 11.6 Å². The molecule has 1 heterocycles. The van der Waals surface area contributed by atoms with E-state index in [9.17, 15) is 4.39 Å². The zero-order chi connectivity index (χ0) is 7.84. The van der Waals surface area contributed by atoms with Gasteiger partial charge in [0, 0.05) is 4.70 Å². The summed E-state index contributed by atoms with van der Waals surface area (Å²) in [6, 6.07) is 4.98. The van der Waals surface area contributed by atoms with E-state index in [2.05, 4.69) is 0 Å². The fourth-order valence-electron chi connectivity index (χ4n) is 0.957. The van der Waals surface area contributed by atoms with Crippen molar-refractivity contribution < 1.29 is 4.39 Å². The van der Waals surface area contributed by atoms with Crippen molar-refractivity contribution in [3.63, 3.8) is 0 Å². The molecule has 0 unspecified atom stereocenters. The Labute approximate surface area is 72.2 Å². The SMILES string of the molecule is Fc1cc2ccsc2cc1Cl. The first kappa shape index (κ1) is 7.07. The van der Waals surface area contributed by atoms with Crippen LogP contribution in [0.2, 0.25) is 5.02 Å². The van der Waals surface area contributed by atoms with Crippen LogP contribution in [-0.2, 0) is 0 Å². The summed E-state index contributed by atoms with van der Waals surface area (Å²) in [6.45, 7) is 0. The van der Waals surface area contributed by atoms with E-state index in [0.717, 1.165) is 10.1 Å². The molecule has 0 aliphatic rings. The molecule has 1 aromatic heterocycles. The Morgan fingerprint density at radius 1 is 1.36 bits per heavy atom. The lowest BCUT2D eigenvalue weighted by molar-refractivity contribution is 0.630. The largest absolute Gasteiger partial charge is 0.205 e. The van der Waals surface area contributed by atoms with Gasteiger partial charge < -0.3 is 0 Å². The Bertz CT molecular complexity index is 358. The second-order valence-electron chi connectivity index (χ2n) is 2.22. The van der Waals surface area contributed by atoms with Gasteiger partial charge in [0.05, 0.1) is 5.02 Å². The normalized spacial score (nSPS) is 10.7. The third-order valence-corrected chi connectivity index (χ3v) is 2.66. The summed E-state index contributed by atoms with van der Waals surface area (Å²) >= 11 is 7.14. The predicted molar refractivity (Wildman–Crippen MR) is 46.8 cm³/mol. The molecule has 2 aromatic rings. The molecule has 0 saturated heterocycles. The van der Waals surface area contributed by atoms with Crippen molar-refractivity contribution in [2.75, 3.05) is 0 Å². The first-order chi connectivity index (χ1) is 5.27. The van der Waals surface area contributed by atoms with Crippen molar-refractivity contribution >= 4 is 33.0 Å². The summed E-state index contributed by atoms with van der Waals surface area (Å²) < 4.78 is 13.8. The zero-order valence-electron chi connectivity index (χ0n) is 5.47. The minimum Gasteiger partial charge on any atom is -0.205 e. The van der Waals surface area contributed by atoms with Gasteiger partial charge in [0.1, 0.15) is 5.82 Å². The highest BCUT2D eigenvalue weighted by molar-refractivity contribution is 7.17. The van der Waals surface area contributed by atoms with Crippen LogP contribution in [0.3, 0.4) is 0 Å². The van der Waals surface area contributed by atoms with Gasteiger partial charge in [0.25, 0.3) is 0 Å². The summed E-state index contributed by atoms with van der Waals surface area (Å²) in [7, 11) is 0. The molecule has 56 valence electrons. The molecule has 3 heteroatoms. The lowest BCUT2D eigenvalue weighted by Gasteiger charge is -1.92. The molecule has 11 heavy (non-hydrogen) atoms. The monoisotopic (exact) mass is 186 g/mol. The molecule has 0 atom stereocenters. The fraction of sp³-hybridized carbons (Fsp3) is 0. The van der Waals surface area contributed by atoms with Crippen molar-refractivity contribution in [1.82, 2.24) is 0 Å². The molecule has 0 amide bonds. The number of halogens is 2. The minimum atomic E-state index is -0.349. The highest BCUT2D eigenvalue weighted by atomic mass is 35.5. The standard InChI is InChI=1S/C8H4ClFS/c9-6-4-8-5(1-2-11-8)3-7(6)10/h1-4H. The van der Waals surface area contributed by atoms with E-state index >= 15 is 0 Å². The molecule has 1 aromatic carbocycles. The van der Waals surface area contributed by atoms with Crippen LogP contribution in [0.5, 0.6) is 0 Å². The minimum absolute atomic E-state index is 0.194. The van der Waals surface area contributed by atoms with Crippen molar-refractivity contribution in [1.29, 1.82) is 0 Å². The van der Waals surface area contributed by atoms with Crippen LogP contribution in [0, 0.1) is 5.82 Å². The molecule has 0 bridgehead atoms. The highest BCUT2D eigenvalue weighted by Crippen LogP contribution is 2.26. The number of hydrogen-bond donors (Lipinski definition) is 0. The number of rotatable bonds is 0. The van der Waals surface area contributed by atoms with Gasteiger partial charge in [0.15, 0.2) is 0 Å². The summed E-state index contributed by atoms with van der Waals surface area (Å²) in [4.78, 5) is 0. The second kappa shape index (κ2) is 2.47. The Hall–Kier alpha value is -0.600. The van der Waals surface area contributed by atoms with Crippen molar-refractivity contribution in [2.24, 2.45) is 0 Å². The molecule has 0 spiro atoms. The van der Waals surface area contributed by atoms with Crippen molar-refractivity contribution in [3.05, 3.63) is 34.4 Å². The average molecular weight is 187 g/mol. The smallest absolute Gasteiger partial charge is 0.142 e. The third-order valence-electron chi connectivity index (χ3n) is 1.50. The average Bonchev–Trinajstić information content (AvgIpc) is 2.36. The quantitative estimate of drug-likeness (QED) is 0.589. The topological polar surface area (TPSA) is 0 Å². The van der Waals surface area contributed by atoms with E-state index in [-0.39, 0.29) is 10.8 Å². The first-order valence-electron chi connectivity index (χ1n) is 3.09. The van der Waals surface area contributed by atoms with Crippen molar-refractivity contribution in [3.8, 4) is 0 Å². The molecule has 0 N–H and O–H groups in total. The fourth-order valence-corrected chi connectivity index (χ4v) is 2.00. The molecule has 0 aliphatic carbocycles. The number of hydrogen-bond acceptors (Lipinski definition) is 1. The van der Waals surface area contributed by atoms with E-state index in [1.54, 1.807) is 17.4 Å². The third kappa shape index (κ3) is 1.12. The van der Waals surface area contributed by atoms with E-state index in [1.807, 2.05) is 11.4 Å². The van der Waals surface area contributed by atoms with Gasteiger partial charge in [-0.15, -0.1) is 11.3 Å². The number of thiophene rings is 1. The molecular weight excluding hydrogens is 183 g/mol. The lowest BCUT2D eigenvalue weighted by Crippen LogP contribution is -1.73. The maximum absolute atomic E-state index is 12.8. The molecular formula is C8H4ClFS. The van der Waals surface area contributed by atoms with Gasteiger partial charge in [-0.25, -0.2) is 4.39 Å². The summed E-state index contributed by atoms with van der Waals surface area (Å²) in [5, 5.41) is 3.03. The van der Waals surface area contributed by atoms with E-state index in [1.165, 1.54) is 6.07 Å². The zero-order valence-corrected chi connectivity index (χ0v) is 7.05. The maximum Gasteiger partial charge on any atom is 0.142 e. The maximum atomic E-state index is 12.8. The first-order valence-corrected chi connectivity index (χ1v) is 4.35. The van der Waals surface area contributed by atoms with E-state index < -0.39 is 0 Å². The van der Waals surface area contributed by atoms with Gasteiger partial charge in [-0.05, 0) is 29.0 Å². The predicted octanol–water partition coefficient (Wildman–Crippen LogP) is 3.69. The van der Waals surface area contributed by atoms with Gasteiger partial charge >= 0.3 is 0 Å².